The number of nitrogens with one attached hydrogen (secondary N) is 1. The van der Waals surface area contributed by atoms with E-state index in [9.17, 15) is 18.3 Å². The molecule has 0 bridgehead atoms. The summed E-state index contributed by atoms with van der Waals surface area (Å²) in [5.41, 5.74) is 0.376. The van der Waals surface area contributed by atoms with Gasteiger partial charge in [0, 0.05) is 18.7 Å². The molecule has 0 saturated carbocycles. The van der Waals surface area contributed by atoms with Crippen LogP contribution in [0.15, 0.2) is 47.4 Å². The van der Waals surface area contributed by atoms with Crippen molar-refractivity contribution >= 4 is 21.6 Å². The zero-order valence-corrected chi connectivity index (χ0v) is 15.7. The number of carbonyl (C=O) groups is 1. The minimum atomic E-state index is -3.80. The highest BCUT2D eigenvalue weighted by Crippen LogP contribution is 2.29. The largest absolute Gasteiger partial charge is 0.506 e. The molecule has 2 aromatic rings. The third-order valence-corrected chi connectivity index (χ3v) is 5.97. The highest BCUT2D eigenvalue weighted by molar-refractivity contribution is 7.89. The van der Waals surface area contributed by atoms with E-state index in [1.807, 2.05) is 0 Å². The second kappa shape index (κ2) is 8.20. The van der Waals surface area contributed by atoms with Crippen LogP contribution in [0.5, 0.6) is 11.5 Å². The Labute approximate surface area is 153 Å². The monoisotopic (exact) mass is 378 g/mol. The highest BCUT2D eigenvalue weighted by Gasteiger charge is 2.26. The number of para-hydroxylation sites is 2. The molecule has 0 aliphatic rings. The van der Waals surface area contributed by atoms with Gasteiger partial charge in [0.2, 0.25) is 10.0 Å². The molecule has 2 rings (SSSR count). The number of rotatable bonds is 7. The van der Waals surface area contributed by atoms with Crippen molar-refractivity contribution in [3.05, 3.63) is 48.0 Å². The summed E-state index contributed by atoms with van der Waals surface area (Å²) in [6, 6.07) is 10.5. The summed E-state index contributed by atoms with van der Waals surface area (Å²) in [5.74, 6) is -0.452. The van der Waals surface area contributed by atoms with Gasteiger partial charge < -0.3 is 15.2 Å². The van der Waals surface area contributed by atoms with Gasteiger partial charge in [-0.3, -0.25) is 4.79 Å². The summed E-state index contributed by atoms with van der Waals surface area (Å²) in [6.07, 6.45) is 0. The van der Waals surface area contributed by atoms with Crippen LogP contribution in [0.25, 0.3) is 0 Å². The molecule has 1 amide bonds. The van der Waals surface area contributed by atoms with Crippen LogP contribution in [0.1, 0.15) is 24.2 Å². The molecule has 0 radical (unpaired) electrons. The molecule has 2 aromatic carbocycles. The van der Waals surface area contributed by atoms with Crippen molar-refractivity contribution in [2.75, 3.05) is 25.5 Å². The number of aromatic hydroxyl groups is 1. The number of benzene rings is 2. The fourth-order valence-electron chi connectivity index (χ4n) is 2.50. The number of nitrogens with zero attached hydrogens (tertiary/aromatic N) is 1. The molecule has 0 atom stereocenters. The predicted molar refractivity (Wildman–Crippen MR) is 99.2 cm³/mol. The smallest absolute Gasteiger partial charge is 0.255 e. The minimum absolute atomic E-state index is 0.0753. The van der Waals surface area contributed by atoms with Crippen LogP contribution in [0, 0.1) is 0 Å². The third kappa shape index (κ3) is 3.97. The van der Waals surface area contributed by atoms with Crippen molar-refractivity contribution < 1.29 is 23.1 Å². The summed E-state index contributed by atoms with van der Waals surface area (Å²) in [5, 5.41) is 12.3. The predicted octanol–water partition coefficient (Wildman–Crippen LogP) is 2.68. The van der Waals surface area contributed by atoms with E-state index in [0.717, 1.165) is 0 Å². The SMILES string of the molecule is CCN(CC)S(=O)(=O)c1cc(C(=O)Nc2ccccc2O)ccc1OC. The Morgan fingerprint density at radius 3 is 2.38 bits per heavy atom. The van der Waals surface area contributed by atoms with Crippen LogP contribution in [0.4, 0.5) is 5.69 Å². The number of sulfonamides is 1. The van der Waals surface area contributed by atoms with Crippen LogP contribution < -0.4 is 10.1 Å². The number of phenolic OH excluding ortho intramolecular Hbond substituents is 1. The highest BCUT2D eigenvalue weighted by atomic mass is 32.2. The van der Waals surface area contributed by atoms with Crippen LogP contribution in [-0.4, -0.2) is 43.9 Å². The van der Waals surface area contributed by atoms with Crippen molar-refractivity contribution in [1.82, 2.24) is 4.31 Å². The van der Waals surface area contributed by atoms with E-state index in [4.69, 9.17) is 4.74 Å². The van der Waals surface area contributed by atoms with Gasteiger partial charge in [-0.1, -0.05) is 26.0 Å². The lowest BCUT2D eigenvalue weighted by Crippen LogP contribution is -2.31. The second-order valence-corrected chi connectivity index (χ2v) is 7.33. The van der Waals surface area contributed by atoms with Crippen molar-refractivity contribution in [3.8, 4) is 11.5 Å². The van der Waals surface area contributed by atoms with Gasteiger partial charge in [0.25, 0.3) is 5.91 Å². The lowest BCUT2D eigenvalue weighted by Gasteiger charge is -2.20. The van der Waals surface area contributed by atoms with E-state index in [1.54, 1.807) is 32.0 Å². The fraction of sp³-hybridized carbons (Fsp3) is 0.278. The fourth-order valence-corrected chi connectivity index (χ4v) is 4.14. The number of hydrogen-bond donors (Lipinski definition) is 2. The zero-order valence-electron chi connectivity index (χ0n) is 14.9. The van der Waals surface area contributed by atoms with Gasteiger partial charge >= 0.3 is 0 Å². The van der Waals surface area contributed by atoms with E-state index in [-0.39, 0.29) is 27.6 Å². The number of methoxy groups -OCH3 is 1. The first-order valence-electron chi connectivity index (χ1n) is 8.12. The summed E-state index contributed by atoms with van der Waals surface area (Å²) >= 11 is 0. The molecular formula is C18H22N2O5S. The van der Waals surface area contributed by atoms with Crippen LogP contribution in [0.3, 0.4) is 0 Å². The summed E-state index contributed by atoms with van der Waals surface area (Å²) in [7, 11) is -2.43. The van der Waals surface area contributed by atoms with E-state index in [2.05, 4.69) is 5.32 Å². The quantitative estimate of drug-likeness (QED) is 0.722. The van der Waals surface area contributed by atoms with Gasteiger partial charge in [-0.15, -0.1) is 0 Å². The van der Waals surface area contributed by atoms with Gasteiger partial charge in [0.05, 0.1) is 12.8 Å². The Balaban J connectivity index is 2.43. The van der Waals surface area contributed by atoms with Crippen molar-refractivity contribution in [3.63, 3.8) is 0 Å². The number of anilines is 1. The Morgan fingerprint density at radius 2 is 1.81 bits per heavy atom. The number of hydrogen-bond acceptors (Lipinski definition) is 5. The molecule has 7 nitrogen and oxygen atoms in total. The van der Waals surface area contributed by atoms with Crippen LogP contribution in [-0.2, 0) is 10.0 Å². The van der Waals surface area contributed by atoms with E-state index in [0.29, 0.717) is 13.1 Å². The van der Waals surface area contributed by atoms with Crippen molar-refractivity contribution in [2.45, 2.75) is 18.7 Å². The van der Waals surface area contributed by atoms with Gasteiger partial charge in [-0.05, 0) is 30.3 Å². The van der Waals surface area contributed by atoms with Crippen LogP contribution in [0.2, 0.25) is 0 Å². The Kier molecular flexibility index (Phi) is 6.23. The minimum Gasteiger partial charge on any atom is -0.506 e. The van der Waals surface area contributed by atoms with Gasteiger partial charge in [0.1, 0.15) is 16.4 Å². The molecule has 0 aliphatic carbocycles. The average Bonchev–Trinajstić information content (AvgIpc) is 2.63. The standard InChI is InChI=1S/C18H22N2O5S/c1-4-20(5-2)26(23,24)17-12-13(10-11-16(17)25-3)18(22)19-14-8-6-7-9-15(14)21/h6-12,21H,4-5H2,1-3H3,(H,19,22). The molecular weight excluding hydrogens is 356 g/mol. The van der Waals surface area contributed by atoms with Gasteiger partial charge in [-0.25, -0.2) is 8.42 Å². The molecule has 140 valence electrons. The number of phenols is 1. The normalized spacial score (nSPS) is 11.4. The van der Waals surface area contributed by atoms with Crippen LogP contribution >= 0.6 is 0 Å². The maximum Gasteiger partial charge on any atom is 0.255 e. The van der Waals surface area contributed by atoms with Gasteiger partial charge in [0.15, 0.2) is 0 Å². The molecule has 0 saturated heterocycles. The first-order chi connectivity index (χ1) is 12.3. The topological polar surface area (TPSA) is 95.9 Å². The maximum atomic E-state index is 12.8. The average molecular weight is 378 g/mol. The molecule has 0 spiro atoms. The first-order valence-corrected chi connectivity index (χ1v) is 9.56. The Morgan fingerprint density at radius 1 is 1.15 bits per heavy atom. The molecule has 0 fully saturated rings. The molecule has 26 heavy (non-hydrogen) atoms. The van der Waals surface area contributed by atoms with Crippen molar-refractivity contribution in [2.24, 2.45) is 0 Å². The Bertz CT molecular complexity index is 892. The summed E-state index contributed by atoms with van der Waals surface area (Å²) in [4.78, 5) is 12.4. The van der Waals surface area contributed by atoms with E-state index >= 15 is 0 Å². The molecule has 0 aromatic heterocycles. The number of carbonyl (C=O) groups excluding carboxylic acids is 1. The first kappa shape index (κ1) is 19.7. The molecule has 0 aliphatic heterocycles. The number of amides is 1. The van der Waals surface area contributed by atoms with Crippen molar-refractivity contribution in [1.29, 1.82) is 0 Å². The van der Waals surface area contributed by atoms with E-state index < -0.39 is 15.9 Å². The maximum absolute atomic E-state index is 12.8. The second-order valence-electron chi connectivity index (χ2n) is 5.43. The van der Waals surface area contributed by atoms with Gasteiger partial charge in [-0.2, -0.15) is 4.31 Å². The summed E-state index contributed by atoms with van der Waals surface area (Å²) in [6.45, 7) is 4.08. The molecule has 0 heterocycles. The lowest BCUT2D eigenvalue weighted by molar-refractivity contribution is 0.102. The van der Waals surface area contributed by atoms with E-state index in [1.165, 1.54) is 35.7 Å². The Hall–Kier alpha value is -2.58. The lowest BCUT2D eigenvalue weighted by atomic mass is 10.2. The zero-order chi connectivity index (χ0) is 19.3. The molecule has 0 unspecified atom stereocenters. The molecule has 8 heteroatoms. The summed E-state index contributed by atoms with van der Waals surface area (Å²) < 4.78 is 32.1. The third-order valence-electron chi connectivity index (χ3n) is 3.90. The number of ether oxygens (including phenoxy) is 1. The molecule has 2 N–H and O–H groups in total.